The summed E-state index contributed by atoms with van der Waals surface area (Å²) in [4.78, 5) is 14.8. The Balaban J connectivity index is 1.57. The highest BCUT2D eigenvalue weighted by molar-refractivity contribution is 6.44. The monoisotopic (exact) mass is 609 g/mol. The van der Waals surface area contributed by atoms with Gasteiger partial charge in [-0.25, -0.2) is 5.01 Å². The fraction of sp³-hybridized carbons (Fsp3) is 0.161. The highest BCUT2D eigenvalue weighted by atomic mass is 35.5. The summed E-state index contributed by atoms with van der Waals surface area (Å²) < 4.78 is 17.2. The van der Waals surface area contributed by atoms with Gasteiger partial charge < -0.3 is 14.2 Å². The van der Waals surface area contributed by atoms with E-state index in [1.807, 2.05) is 59.5 Å². The van der Waals surface area contributed by atoms with Gasteiger partial charge in [-0.05, 0) is 72.8 Å². The molecule has 5 rings (SSSR count). The third-order valence-electron chi connectivity index (χ3n) is 6.58. The molecule has 4 aromatic carbocycles. The normalized spacial score (nSPS) is 14.6. The van der Waals surface area contributed by atoms with Crippen molar-refractivity contribution in [3.8, 4) is 17.2 Å². The van der Waals surface area contributed by atoms with Crippen LogP contribution < -0.4 is 24.1 Å². The van der Waals surface area contributed by atoms with Gasteiger partial charge in [-0.3, -0.25) is 9.69 Å². The summed E-state index contributed by atoms with van der Waals surface area (Å²) in [5.41, 5.74) is 2.99. The average Bonchev–Trinajstić information content (AvgIpc) is 3.38. The zero-order valence-corrected chi connectivity index (χ0v) is 24.7. The van der Waals surface area contributed by atoms with Gasteiger partial charge in [0.15, 0.2) is 29.3 Å². The van der Waals surface area contributed by atoms with E-state index in [0.717, 1.165) is 16.9 Å². The van der Waals surface area contributed by atoms with Crippen molar-refractivity contribution in [2.45, 2.75) is 19.7 Å². The molecule has 0 radical (unpaired) electrons. The van der Waals surface area contributed by atoms with Crippen molar-refractivity contribution in [1.82, 2.24) is 0 Å². The number of methoxy groups -OCH3 is 2. The number of Topliss-reactive ketones (excluding diaryl/α,β-unsaturated/α-hetero) is 1. The van der Waals surface area contributed by atoms with Gasteiger partial charge >= 0.3 is 0 Å². The van der Waals surface area contributed by atoms with E-state index in [1.54, 1.807) is 49.6 Å². The molecule has 0 N–H and O–H groups in total. The lowest BCUT2D eigenvalue weighted by Gasteiger charge is -2.32. The molecule has 1 aliphatic heterocycles. The van der Waals surface area contributed by atoms with Crippen molar-refractivity contribution < 1.29 is 19.0 Å². The third kappa shape index (κ3) is 5.93. The summed E-state index contributed by atoms with van der Waals surface area (Å²) in [5.74, 6) is 1.79. The first kappa shape index (κ1) is 28.6. The maximum Gasteiger partial charge on any atom is 0.198 e. The SMILES string of the molecule is COc1ccc(N2C(C(C)=O)=NN(c3ccc(Cl)cc3)[C@H]2c2ccc(OCc3c(Cl)cccc3Cl)c(OC)c2)cc1. The fourth-order valence-corrected chi connectivity index (χ4v) is 5.18. The number of halogens is 3. The quantitative estimate of drug-likeness (QED) is 0.190. The van der Waals surface area contributed by atoms with Gasteiger partial charge in [-0.15, -0.1) is 5.10 Å². The van der Waals surface area contributed by atoms with Crippen molar-refractivity contribution in [2.24, 2.45) is 5.10 Å². The van der Waals surface area contributed by atoms with Gasteiger partial charge in [0.1, 0.15) is 12.4 Å². The molecule has 210 valence electrons. The van der Waals surface area contributed by atoms with Gasteiger partial charge in [0.05, 0.1) is 19.9 Å². The van der Waals surface area contributed by atoms with Crippen LogP contribution in [0.3, 0.4) is 0 Å². The molecule has 1 atom stereocenters. The van der Waals surface area contributed by atoms with E-state index in [0.29, 0.717) is 37.9 Å². The van der Waals surface area contributed by atoms with Crippen LogP contribution in [0.4, 0.5) is 11.4 Å². The van der Waals surface area contributed by atoms with Crippen molar-refractivity contribution >= 4 is 57.8 Å². The van der Waals surface area contributed by atoms with Crippen molar-refractivity contribution in [2.75, 3.05) is 24.1 Å². The second-order valence-electron chi connectivity index (χ2n) is 9.14. The number of hydrogen-bond donors (Lipinski definition) is 0. The van der Waals surface area contributed by atoms with Crippen LogP contribution in [0, 0.1) is 0 Å². The van der Waals surface area contributed by atoms with Gasteiger partial charge in [0, 0.05) is 38.8 Å². The van der Waals surface area contributed by atoms with E-state index < -0.39 is 6.17 Å². The topological polar surface area (TPSA) is 63.6 Å². The van der Waals surface area contributed by atoms with Crippen LogP contribution >= 0.6 is 34.8 Å². The van der Waals surface area contributed by atoms with Crippen molar-refractivity contribution in [3.63, 3.8) is 0 Å². The number of anilines is 2. The lowest BCUT2D eigenvalue weighted by atomic mass is 10.1. The minimum Gasteiger partial charge on any atom is -0.497 e. The highest BCUT2D eigenvalue weighted by Crippen LogP contribution is 2.42. The molecule has 7 nitrogen and oxygen atoms in total. The molecule has 0 fully saturated rings. The number of hydrogen-bond acceptors (Lipinski definition) is 7. The molecule has 1 heterocycles. The van der Waals surface area contributed by atoms with E-state index >= 15 is 0 Å². The Hall–Kier alpha value is -3.91. The standard InChI is InChI=1S/C31H26Cl3N3O4/c1-19(38)30-35-37(23-10-8-21(32)9-11-23)31(36(30)22-12-14-24(39-2)15-13-22)20-7-16-28(29(17-20)40-3)41-18-25-26(33)5-4-6-27(25)34/h4-17,31H,18H2,1-3H3/t31-/m0/s1. The molecule has 0 saturated heterocycles. The molecular formula is C31H26Cl3N3O4. The molecule has 0 aliphatic carbocycles. The first-order chi connectivity index (χ1) is 19.8. The van der Waals surface area contributed by atoms with Crippen molar-refractivity contribution in [3.05, 3.63) is 111 Å². The number of nitrogens with zero attached hydrogens (tertiary/aromatic N) is 3. The van der Waals surface area contributed by atoms with E-state index in [1.165, 1.54) is 6.92 Å². The second kappa shape index (κ2) is 12.3. The Bertz CT molecular complexity index is 1570. The van der Waals surface area contributed by atoms with Crippen LogP contribution in [-0.4, -0.2) is 25.8 Å². The zero-order valence-electron chi connectivity index (χ0n) is 22.5. The average molecular weight is 611 g/mol. The minimum absolute atomic E-state index is 0.157. The summed E-state index contributed by atoms with van der Waals surface area (Å²) in [6.07, 6.45) is -0.538. The zero-order chi connectivity index (χ0) is 29.1. The Morgan fingerprint density at radius 1 is 0.829 bits per heavy atom. The molecule has 0 saturated carbocycles. The Morgan fingerprint density at radius 2 is 1.49 bits per heavy atom. The van der Waals surface area contributed by atoms with Crippen molar-refractivity contribution in [1.29, 1.82) is 0 Å². The highest BCUT2D eigenvalue weighted by Gasteiger charge is 2.39. The minimum atomic E-state index is -0.538. The third-order valence-corrected chi connectivity index (χ3v) is 7.54. The van der Waals surface area contributed by atoms with E-state index in [2.05, 4.69) is 0 Å². The predicted octanol–water partition coefficient (Wildman–Crippen LogP) is 8.17. The molecule has 0 bridgehead atoms. The molecular weight excluding hydrogens is 585 g/mol. The van der Waals surface area contributed by atoms with Gasteiger partial charge in [0.25, 0.3) is 0 Å². The predicted molar refractivity (Wildman–Crippen MR) is 164 cm³/mol. The largest absolute Gasteiger partial charge is 0.497 e. The number of amidine groups is 1. The maximum absolute atomic E-state index is 12.9. The summed E-state index contributed by atoms with van der Waals surface area (Å²) in [5, 5.41) is 8.18. The number of carbonyl (C=O) groups is 1. The Morgan fingerprint density at radius 3 is 2.10 bits per heavy atom. The van der Waals surface area contributed by atoms with Gasteiger partial charge in [-0.2, -0.15) is 0 Å². The van der Waals surface area contributed by atoms with Crippen LogP contribution in [-0.2, 0) is 11.4 Å². The fourth-order valence-electron chi connectivity index (χ4n) is 4.54. The number of hydrazone groups is 1. The molecule has 0 unspecified atom stereocenters. The molecule has 4 aromatic rings. The second-order valence-corrected chi connectivity index (χ2v) is 10.4. The number of benzene rings is 4. The molecule has 0 aromatic heterocycles. The lowest BCUT2D eigenvalue weighted by Crippen LogP contribution is -2.37. The van der Waals surface area contributed by atoms with Crippen LogP contribution in [0.2, 0.25) is 15.1 Å². The summed E-state index contributed by atoms with van der Waals surface area (Å²) >= 11 is 18.8. The number of ether oxygens (including phenoxy) is 3. The summed E-state index contributed by atoms with van der Waals surface area (Å²) in [6, 6.07) is 25.6. The molecule has 41 heavy (non-hydrogen) atoms. The number of carbonyl (C=O) groups excluding carboxylic acids is 1. The number of rotatable bonds is 9. The van der Waals surface area contributed by atoms with E-state index in [-0.39, 0.29) is 18.2 Å². The van der Waals surface area contributed by atoms with E-state index in [4.69, 9.17) is 54.1 Å². The lowest BCUT2D eigenvalue weighted by molar-refractivity contribution is -0.111. The van der Waals surface area contributed by atoms with Crippen LogP contribution in [0.15, 0.2) is 90.0 Å². The van der Waals surface area contributed by atoms with Crippen LogP contribution in [0.5, 0.6) is 17.2 Å². The molecule has 1 aliphatic rings. The Kier molecular flexibility index (Phi) is 8.59. The number of ketones is 1. The summed E-state index contributed by atoms with van der Waals surface area (Å²) in [6.45, 7) is 1.65. The maximum atomic E-state index is 12.9. The van der Waals surface area contributed by atoms with E-state index in [9.17, 15) is 4.79 Å². The first-order valence-corrected chi connectivity index (χ1v) is 13.8. The summed E-state index contributed by atoms with van der Waals surface area (Å²) in [7, 11) is 3.17. The van der Waals surface area contributed by atoms with Gasteiger partial charge in [-0.1, -0.05) is 46.9 Å². The van der Waals surface area contributed by atoms with Gasteiger partial charge in [0.2, 0.25) is 0 Å². The van der Waals surface area contributed by atoms with Crippen LogP contribution in [0.1, 0.15) is 24.2 Å². The molecule has 10 heteroatoms. The smallest absolute Gasteiger partial charge is 0.198 e. The Labute approximate surface area is 253 Å². The van der Waals surface area contributed by atoms with Crippen LogP contribution in [0.25, 0.3) is 0 Å². The molecule has 0 amide bonds. The molecule has 0 spiro atoms. The first-order valence-electron chi connectivity index (χ1n) is 12.6.